The third-order valence-corrected chi connectivity index (χ3v) is 8.60. The number of carbonyl (C=O) groups is 2. The van der Waals surface area contributed by atoms with Crippen molar-refractivity contribution >= 4 is 11.6 Å². The van der Waals surface area contributed by atoms with Crippen molar-refractivity contribution < 1.29 is 9.59 Å². The predicted octanol–water partition coefficient (Wildman–Crippen LogP) is 3.94. The van der Waals surface area contributed by atoms with Crippen LogP contribution in [0.4, 0.5) is 0 Å². The second kappa shape index (κ2) is 3.94. The number of hydrogen-bond acceptors (Lipinski definition) is 2. The van der Waals surface area contributed by atoms with E-state index in [1.807, 2.05) is 6.08 Å². The smallest absolute Gasteiger partial charge is 0.159 e. The molecule has 0 aromatic carbocycles. The molecule has 0 saturated heterocycles. The van der Waals surface area contributed by atoms with Gasteiger partial charge in [0.2, 0.25) is 0 Å². The molecule has 5 rings (SSSR count). The van der Waals surface area contributed by atoms with E-state index in [1.54, 1.807) is 0 Å². The molecule has 0 radical (unpaired) electrons. The van der Waals surface area contributed by atoms with Crippen molar-refractivity contribution in [2.24, 2.45) is 40.4 Å². The fraction of sp³-hybridized carbons (Fsp3) is 0.800. The first-order valence-corrected chi connectivity index (χ1v) is 9.24. The summed E-state index contributed by atoms with van der Waals surface area (Å²) >= 11 is 0. The fourth-order valence-corrected chi connectivity index (χ4v) is 7.23. The lowest BCUT2D eigenvalue weighted by molar-refractivity contribution is -0.132. The molecule has 0 amide bonds. The Bertz CT molecular complexity index is 617. The highest BCUT2D eigenvalue weighted by Gasteiger charge is 2.65. The summed E-state index contributed by atoms with van der Waals surface area (Å²) in [7, 11) is 0. The summed E-state index contributed by atoms with van der Waals surface area (Å²) in [5, 5.41) is 0. The normalized spacial score (nSPS) is 55.7. The molecule has 4 fully saturated rings. The summed E-state index contributed by atoms with van der Waals surface area (Å²) in [6.07, 6.45) is 9.70. The monoisotopic (exact) mass is 298 g/mol. The lowest BCUT2D eigenvalue weighted by Gasteiger charge is -2.57. The van der Waals surface area contributed by atoms with Gasteiger partial charge in [-0.1, -0.05) is 19.4 Å². The maximum atomic E-state index is 12.4. The molecule has 0 aromatic heterocycles. The van der Waals surface area contributed by atoms with E-state index < -0.39 is 0 Å². The molecule has 0 spiro atoms. The first-order chi connectivity index (χ1) is 10.5. The highest BCUT2D eigenvalue weighted by Crippen LogP contribution is 2.70. The molecule has 0 bridgehead atoms. The topological polar surface area (TPSA) is 34.1 Å². The number of hydrogen-bond donors (Lipinski definition) is 0. The van der Waals surface area contributed by atoms with Crippen LogP contribution in [0.5, 0.6) is 0 Å². The molecule has 22 heavy (non-hydrogen) atoms. The lowest BCUT2D eigenvalue weighted by Crippen LogP contribution is -2.51. The summed E-state index contributed by atoms with van der Waals surface area (Å²) in [6.45, 7) is 4.72. The zero-order valence-electron chi connectivity index (χ0n) is 13.7. The highest BCUT2D eigenvalue weighted by atomic mass is 16.1. The van der Waals surface area contributed by atoms with E-state index in [2.05, 4.69) is 13.8 Å². The van der Waals surface area contributed by atoms with Gasteiger partial charge in [-0.25, -0.2) is 0 Å². The second-order valence-electron chi connectivity index (χ2n) is 9.14. The van der Waals surface area contributed by atoms with Crippen LogP contribution >= 0.6 is 0 Å². The van der Waals surface area contributed by atoms with Crippen LogP contribution in [-0.4, -0.2) is 11.6 Å². The second-order valence-corrected chi connectivity index (χ2v) is 9.14. The van der Waals surface area contributed by atoms with Crippen LogP contribution in [0.2, 0.25) is 0 Å². The van der Waals surface area contributed by atoms with Gasteiger partial charge in [-0.2, -0.15) is 0 Å². The molecular formula is C20H26O2. The number of allylic oxidation sites excluding steroid dienone is 1. The van der Waals surface area contributed by atoms with Gasteiger partial charge in [0.05, 0.1) is 0 Å². The van der Waals surface area contributed by atoms with Gasteiger partial charge in [-0.15, -0.1) is 0 Å². The molecule has 0 N–H and O–H groups in total. The molecule has 0 aromatic rings. The molecule has 2 nitrogen and oxygen atoms in total. The first kappa shape index (κ1) is 13.5. The van der Waals surface area contributed by atoms with Crippen LogP contribution in [0.1, 0.15) is 58.8 Å². The molecular weight excluding hydrogens is 272 g/mol. The molecule has 7 atom stereocenters. The van der Waals surface area contributed by atoms with Crippen LogP contribution in [0.25, 0.3) is 0 Å². The van der Waals surface area contributed by atoms with E-state index in [0.29, 0.717) is 29.3 Å². The third kappa shape index (κ3) is 1.39. The predicted molar refractivity (Wildman–Crippen MR) is 84.1 cm³/mol. The van der Waals surface area contributed by atoms with E-state index in [1.165, 1.54) is 18.4 Å². The quantitative estimate of drug-likeness (QED) is 0.678. The minimum atomic E-state index is -0.0216. The van der Waals surface area contributed by atoms with Gasteiger partial charge in [0, 0.05) is 17.8 Å². The summed E-state index contributed by atoms with van der Waals surface area (Å²) in [4.78, 5) is 24.6. The average Bonchev–Trinajstić information content (AvgIpc) is 3.24. The minimum Gasteiger partial charge on any atom is -0.299 e. The highest BCUT2D eigenvalue weighted by molar-refractivity contribution is 5.96. The van der Waals surface area contributed by atoms with E-state index in [4.69, 9.17) is 0 Å². The molecule has 118 valence electrons. The molecule has 5 aliphatic carbocycles. The molecule has 5 aliphatic rings. The maximum absolute atomic E-state index is 12.4. The van der Waals surface area contributed by atoms with Crippen LogP contribution in [-0.2, 0) is 9.59 Å². The van der Waals surface area contributed by atoms with Crippen molar-refractivity contribution in [2.45, 2.75) is 58.8 Å². The summed E-state index contributed by atoms with van der Waals surface area (Å²) in [5.74, 6) is 3.96. The Morgan fingerprint density at radius 3 is 2.64 bits per heavy atom. The standard InChI is InChI=1S/C20H26O2/c1-19-8-7-15-12(14(19)5-6-18(19)22)4-3-11-9-17(21)13-10-16(13)20(11,15)2/h9,12-16H,3-8,10H2,1-2H3/t12-,13-,14-,15-,16+,19-,20-/m0/s1. The molecule has 0 unspecified atom stereocenters. The Hall–Kier alpha value is -0.920. The maximum Gasteiger partial charge on any atom is 0.159 e. The van der Waals surface area contributed by atoms with Crippen molar-refractivity contribution in [1.29, 1.82) is 0 Å². The average molecular weight is 298 g/mol. The zero-order chi connectivity index (χ0) is 15.3. The van der Waals surface area contributed by atoms with E-state index in [0.717, 1.165) is 43.9 Å². The number of ketones is 2. The van der Waals surface area contributed by atoms with Gasteiger partial charge >= 0.3 is 0 Å². The van der Waals surface area contributed by atoms with E-state index in [-0.39, 0.29) is 10.8 Å². The van der Waals surface area contributed by atoms with Crippen molar-refractivity contribution in [3.05, 3.63) is 11.6 Å². The Kier molecular flexibility index (Phi) is 2.42. The third-order valence-electron chi connectivity index (χ3n) is 8.60. The molecule has 2 heteroatoms. The molecule has 0 aliphatic heterocycles. The van der Waals surface area contributed by atoms with Gasteiger partial charge in [-0.05, 0) is 73.7 Å². The molecule has 0 heterocycles. The van der Waals surface area contributed by atoms with Crippen LogP contribution < -0.4 is 0 Å². The number of Topliss-reactive ketones (excluding diaryl/α,β-unsaturated/α-hetero) is 1. The van der Waals surface area contributed by atoms with Gasteiger partial charge in [0.1, 0.15) is 5.78 Å². The van der Waals surface area contributed by atoms with Gasteiger partial charge in [0.15, 0.2) is 5.78 Å². The minimum absolute atomic E-state index is 0.0216. The summed E-state index contributed by atoms with van der Waals surface area (Å²) < 4.78 is 0. The summed E-state index contributed by atoms with van der Waals surface area (Å²) in [6, 6.07) is 0. The molecule has 4 saturated carbocycles. The largest absolute Gasteiger partial charge is 0.299 e. The lowest BCUT2D eigenvalue weighted by atomic mass is 9.47. The number of fused-ring (bicyclic) bond motifs is 7. The van der Waals surface area contributed by atoms with Gasteiger partial charge in [0.25, 0.3) is 0 Å². The Morgan fingerprint density at radius 2 is 1.82 bits per heavy atom. The Balaban J connectivity index is 1.56. The van der Waals surface area contributed by atoms with Gasteiger partial charge in [-0.3, -0.25) is 9.59 Å². The van der Waals surface area contributed by atoms with Gasteiger partial charge < -0.3 is 0 Å². The fourth-order valence-electron chi connectivity index (χ4n) is 7.23. The summed E-state index contributed by atoms with van der Waals surface area (Å²) in [5.41, 5.74) is 1.71. The van der Waals surface area contributed by atoms with Crippen molar-refractivity contribution in [1.82, 2.24) is 0 Å². The first-order valence-electron chi connectivity index (χ1n) is 9.24. The Morgan fingerprint density at radius 1 is 1.00 bits per heavy atom. The van der Waals surface area contributed by atoms with Crippen LogP contribution in [0.3, 0.4) is 0 Å². The van der Waals surface area contributed by atoms with Crippen molar-refractivity contribution in [3.8, 4) is 0 Å². The SMILES string of the molecule is C[C@@]12C(=CC(=O)[C@H]3C[C@H]31)CC[C@@H]1[C@@H]2CC[C@]2(C)C(=O)CC[C@@H]12. The number of carbonyl (C=O) groups excluding carboxylic acids is 2. The zero-order valence-corrected chi connectivity index (χ0v) is 13.7. The number of rotatable bonds is 0. The van der Waals surface area contributed by atoms with E-state index in [9.17, 15) is 9.59 Å². The van der Waals surface area contributed by atoms with Crippen LogP contribution in [0.15, 0.2) is 11.6 Å². The van der Waals surface area contributed by atoms with Crippen LogP contribution in [0, 0.1) is 40.4 Å². The Labute approximate surface area is 132 Å². The van der Waals surface area contributed by atoms with E-state index >= 15 is 0 Å². The van der Waals surface area contributed by atoms with Crippen molar-refractivity contribution in [3.63, 3.8) is 0 Å². The van der Waals surface area contributed by atoms with Crippen molar-refractivity contribution in [2.75, 3.05) is 0 Å².